The first-order chi connectivity index (χ1) is 26.2. The molecule has 0 aliphatic carbocycles. The highest BCUT2D eigenvalue weighted by atomic mass is 32.1. The van der Waals surface area contributed by atoms with Gasteiger partial charge in [-0.25, -0.2) is 9.59 Å². The number of aromatic amines is 1. The number of piperazine rings is 1. The number of H-pyrrole nitrogens is 1. The van der Waals surface area contributed by atoms with E-state index in [1.54, 1.807) is 35.0 Å². The molecule has 16 heteroatoms. The normalized spacial score (nSPS) is 13.2. The van der Waals surface area contributed by atoms with E-state index < -0.39 is 6.09 Å². The van der Waals surface area contributed by atoms with Crippen LogP contribution in [-0.4, -0.2) is 100.0 Å². The number of aromatic nitrogens is 4. The highest BCUT2D eigenvalue weighted by molar-refractivity contribution is 7.11. The van der Waals surface area contributed by atoms with E-state index in [9.17, 15) is 14.4 Å². The van der Waals surface area contributed by atoms with Crippen LogP contribution in [0.1, 0.15) is 40.6 Å². The van der Waals surface area contributed by atoms with Gasteiger partial charge < -0.3 is 39.4 Å². The Hall–Kier alpha value is -5.61. The van der Waals surface area contributed by atoms with Gasteiger partial charge in [-0.1, -0.05) is 37.6 Å². The molecule has 0 spiro atoms. The lowest BCUT2D eigenvalue weighted by Crippen LogP contribution is -2.50. The quantitative estimate of drug-likeness (QED) is 0.114. The number of anilines is 1. The van der Waals surface area contributed by atoms with Crippen molar-refractivity contribution in [1.82, 2.24) is 34.6 Å². The van der Waals surface area contributed by atoms with Gasteiger partial charge in [-0.05, 0) is 53.9 Å². The number of amides is 2. The number of carbonyl (C=O) groups is 2. The van der Waals surface area contributed by atoms with Gasteiger partial charge in [0.15, 0.2) is 11.5 Å². The van der Waals surface area contributed by atoms with Crippen molar-refractivity contribution in [2.24, 2.45) is 0 Å². The zero-order valence-electron chi connectivity index (χ0n) is 30.7. The second-order valence-corrected chi connectivity index (χ2v) is 14.2. The number of thiophene rings is 1. The third-order valence-corrected chi connectivity index (χ3v) is 10.3. The van der Waals surface area contributed by atoms with Gasteiger partial charge in [0.25, 0.3) is 0 Å². The van der Waals surface area contributed by atoms with Crippen LogP contribution in [0.25, 0.3) is 11.2 Å². The molecule has 54 heavy (non-hydrogen) atoms. The second-order valence-electron chi connectivity index (χ2n) is 13.0. The molecule has 1 saturated heterocycles. The van der Waals surface area contributed by atoms with Gasteiger partial charge >= 0.3 is 17.8 Å². The van der Waals surface area contributed by atoms with Crippen LogP contribution < -0.4 is 30.1 Å². The number of methoxy groups -OCH3 is 2. The molecule has 0 radical (unpaired) electrons. The lowest BCUT2D eigenvalue weighted by Gasteiger charge is -2.34. The fraction of sp³-hybridized carbons (Fsp3) is 0.395. The largest absolute Gasteiger partial charge is 0.497 e. The van der Waals surface area contributed by atoms with E-state index in [4.69, 9.17) is 29.3 Å². The summed E-state index contributed by atoms with van der Waals surface area (Å²) in [4.78, 5) is 57.7. The molecule has 6 rings (SSSR count). The van der Waals surface area contributed by atoms with E-state index in [1.165, 1.54) is 0 Å². The summed E-state index contributed by atoms with van der Waals surface area (Å²) in [5, 5.41) is 10.9. The van der Waals surface area contributed by atoms with Crippen LogP contribution in [0.4, 0.5) is 10.6 Å². The Kier molecular flexibility index (Phi) is 12.7. The van der Waals surface area contributed by atoms with Gasteiger partial charge in [-0.15, -0.1) is 11.3 Å². The van der Waals surface area contributed by atoms with E-state index in [-0.39, 0.29) is 24.2 Å². The molecule has 5 aromatic rings. The van der Waals surface area contributed by atoms with E-state index in [1.807, 2.05) is 54.6 Å². The zero-order valence-corrected chi connectivity index (χ0v) is 31.6. The number of nitrogens with zero attached hydrogens (tertiary/aromatic N) is 6. The van der Waals surface area contributed by atoms with Crippen LogP contribution in [0.5, 0.6) is 17.5 Å². The van der Waals surface area contributed by atoms with Crippen LogP contribution in [0.2, 0.25) is 0 Å². The van der Waals surface area contributed by atoms with Crippen molar-refractivity contribution in [3.05, 3.63) is 92.0 Å². The molecule has 0 bridgehead atoms. The Morgan fingerprint density at radius 1 is 0.889 bits per heavy atom. The molecule has 1 aliphatic heterocycles. The molecule has 1 fully saturated rings. The Morgan fingerprint density at radius 2 is 1.50 bits per heavy atom. The molecule has 2 aromatic carbocycles. The standard InChI is InChI=1S/C38H46N8O7S/c1-4-5-20-53-36-41-34(45(22-26-6-10-28(51-2)11-7-26)23-27-8-12-29(52-3)13-9-27)33-35(42-36)46(37(48)40-33)25-31-15-14-30(54-31)24-43-16-18-44(19-17-43)32(47)21-39-38(49)50/h6-15,39H,4-5,16-25H2,1-3H3,(H,40,48)(H,49,50). The van der Waals surface area contributed by atoms with E-state index in [0.29, 0.717) is 75.9 Å². The van der Waals surface area contributed by atoms with Gasteiger partial charge in [0.05, 0.1) is 27.4 Å². The van der Waals surface area contributed by atoms with Gasteiger partial charge in [0.1, 0.15) is 23.6 Å². The number of benzene rings is 2. The maximum atomic E-state index is 13.7. The summed E-state index contributed by atoms with van der Waals surface area (Å²) in [7, 11) is 3.28. The second kappa shape index (κ2) is 17.9. The Bertz CT molecular complexity index is 2020. The first-order valence-electron chi connectivity index (χ1n) is 17.9. The minimum atomic E-state index is -1.21. The van der Waals surface area contributed by atoms with Crippen molar-refractivity contribution in [2.45, 2.75) is 45.9 Å². The average Bonchev–Trinajstić information content (AvgIpc) is 3.76. The lowest BCUT2D eigenvalue weighted by atomic mass is 10.1. The molecule has 3 N–H and O–H groups in total. The molecule has 3 aromatic heterocycles. The Morgan fingerprint density at radius 3 is 2.07 bits per heavy atom. The molecule has 0 atom stereocenters. The fourth-order valence-corrected chi connectivity index (χ4v) is 7.29. The third-order valence-electron chi connectivity index (χ3n) is 9.20. The number of carboxylic acid groups (broad SMARTS) is 1. The number of fused-ring (bicyclic) bond motifs is 1. The highest BCUT2D eigenvalue weighted by Gasteiger charge is 2.24. The van der Waals surface area contributed by atoms with E-state index >= 15 is 0 Å². The van der Waals surface area contributed by atoms with Crippen LogP contribution in [0, 0.1) is 0 Å². The van der Waals surface area contributed by atoms with Gasteiger partial charge in [0, 0.05) is 55.6 Å². The van der Waals surface area contributed by atoms with Crippen molar-refractivity contribution >= 4 is 40.3 Å². The first-order valence-corrected chi connectivity index (χ1v) is 18.7. The topological polar surface area (TPSA) is 167 Å². The number of imidazole rings is 1. The summed E-state index contributed by atoms with van der Waals surface area (Å²) in [6, 6.07) is 20.0. The maximum absolute atomic E-state index is 13.7. The minimum Gasteiger partial charge on any atom is -0.497 e. The smallest absolute Gasteiger partial charge is 0.405 e. The number of hydrogen-bond donors (Lipinski definition) is 3. The number of hydrogen-bond acceptors (Lipinski definition) is 11. The van der Waals surface area contributed by atoms with Gasteiger partial charge in [-0.2, -0.15) is 9.97 Å². The summed E-state index contributed by atoms with van der Waals surface area (Å²) >= 11 is 1.62. The first kappa shape index (κ1) is 38.1. The monoisotopic (exact) mass is 758 g/mol. The predicted octanol–water partition coefficient (Wildman–Crippen LogP) is 4.54. The molecule has 0 saturated carbocycles. The molecule has 286 valence electrons. The van der Waals surface area contributed by atoms with Crippen molar-refractivity contribution in [3.63, 3.8) is 0 Å². The number of unbranched alkanes of at least 4 members (excludes halogenated alkanes) is 1. The number of ether oxygens (including phenoxy) is 3. The maximum Gasteiger partial charge on any atom is 0.405 e. The SMILES string of the molecule is CCCCOc1nc(N(Cc2ccc(OC)cc2)Cc2ccc(OC)cc2)c2[nH]c(=O)n(Cc3ccc(CN4CCN(C(=O)CNC(=O)O)CC4)s3)c2n1. The van der Waals surface area contributed by atoms with Crippen molar-refractivity contribution in [1.29, 1.82) is 0 Å². The predicted molar refractivity (Wildman–Crippen MR) is 206 cm³/mol. The van der Waals surface area contributed by atoms with E-state index in [0.717, 1.165) is 45.2 Å². The molecular weight excluding hydrogens is 713 g/mol. The molecular formula is C38H46N8O7S. The summed E-state index contributed by atoms with van der Waals surface area (Å²) in [5.74, 6) is 1.85. The molecule has 0 unspecified atom stereocenters. The average molecular weight is 759 g/mol. The highest BCUT2D eigenvalue weighted by Crippen LogP contribution is 2.29. The molecule has 15 nitrogen and oxygen atoms in total. The van der Waals surface area contributed by atoms with Gasteiger partial charge in [0.2, 0.25) is 5.91 Å². The summed E-state index contributed by atoms with van der Waals surface area (Å²) < 4.78 is 18.5. The lowest BCUT2D eigenvalue weighted by molar-refractivity contribution is -0.131. The molecule has 1 aliphatic rings. The van der Waals surface area contributed by atoms with Gasteiger partial charge in [-0.3, -0.25) is 14.3 Å². The van der Waals surface area contributed by atoms with Crippen molar-refractivity contribution in [3.8, 4) is 17.5 Å². The number of nitrogens with one attached hydrogen (secondary N) is 2. The molecule has 2 amide bonds. The number of carbonyl (C=O) groups excluding carboxylic acids is 1. The van der Waals surface area contributed by atoms with Crippen LogP contribution in [-0.2, 0) is 31.0 Å². The summed E-state index contributed by atoms with van der Waals surface area (Å²) in [5.41, 5.74) is 2.74. The third kappa shape index (κ3) is 9.68. The number of rotatable bonds is 17. The summed E-state index contributed by atoms with van der Waals surface area (Å²) in [6.07, 6.45) is 0.572. The zero-order chi connectivity index (χ0) is 38.0. The van der Waals surface area contributed by atoms with E-state index in [2.05, 4.69) is 33.1 Å². The Labute approximate surface area is 317 Å². The van der Waals surface area contributed by atoms with Crippen LogP contribution in [0.3, 0.4) is 0 Å². The van der Waals surface area contributed by atoms with Crippen LogP contribution >= 0.6 is 11.3 Å². The Balaban J connectivity index is 1.26. The molecule has 4 heterocycles. The fourth-order valence-electron chi connectivity index (χ4n) is 6.24. The van der Waals surface area contributed by atoms with Crippen LogP contribution in [0.15, 0.2) is 65.5 Å². The summed E-state index contributed by atoms with van der Waals surface area (Å²) in [6.45, 7) is 6.72. The minimum absolute atomic E-state index is 0.205. The van der Waals surface area contributed by atoms with Crippen molar-refractivity contribution in [2.75, 3.05) is 58.5 Å². The van der Waals surface area contributed by atoms with Crippen molar-refractivity contribution < 1.29 is 28.9 Å².